The van der Waals surface area contributed by atoms with E-state index in [1.165, 1.54) is 56.9 Å². The summed E-state index contributed by atoms with van der Waals surface area (Å²) in [6.45, 7) is 0.757. The van der Waals surface area contributed by atoms with Gasteiger partial charge in [-0.3, -0.25) is 9.78 Å². The van der Waals surface area contributed by atoms with E-state index in [4.69, 9.17) is 5.11 Å². The second-order valence-electron chi connectivity index (χ2n) is 7.11. The molecule has 5 heteroatoms. The zero-order chi connectivity index (χ0) is 16.9. The first-order valence-corrected chi connectivity index (χ1v) is 9.15. The number of likely N-dealkylation sites (tertiary alicyclic amines) is 1. The highest BCUT2D eigenvalue weighted by atomic mass is 16.4. The van der Waals surface area contributed by atoms with E-state index in [1.807, 2.05) is 4.90 Å². The Labute approximate surface area is 143 Å². The lowest BCUT2D eigenvalue weighted by atomic mass is 9.85. The van der Waals surface area contributed by atoms with Crippen LogP contribution in [0.15, 0.2) is 18.3 Å². The zero-order valence-electron chi connectivity index (χ0n) is 14.1. The van der Waals surface area contributed by atoms with E-state index >= 15 is 0 Å². The van der Waals surface area contributed by atoms with Gasteiger partial charge in [-0.25, -0.2) is 4.79 Å². The molecule has 2 fully saturated rings. The maximum Gasteiger partial charge on any atom is 0.335 e. The lowest BCUT2D eigenvalue weighted by Gasteiger charge is -2.27. The summed E-state index contributed by atoms with van der Waals surface area (Å²) in [6, 6.07) is 3.10. The van der Waals surface area contributed by atoms with Gasteiger partial charge in [0.1, 0.15) is 5.69 Å². The summed E-state index contributed by atoms with van der Waals surface area (Å²) in [6.07, 6.45) is 12.5. The Bertz CT molecular complexity index is 596. The Balaban J connectivity index is 1.62. The molecule has 0 radical (unpaired) electrons. The van der Waals surface area contributed by atoms with E-state index < -0.39 is 5.97 Å². The average molecular weight is 330 g/mol. The number of hydrogen-bond acceptors (Lipinski definition) is 3. The van der Waals surface area contributed by atoms with Crippen LogP contribution in [0.4, 0.5) is 0 Å². The van der Waals surface area contributed by atoms with E-state index in [1.54, 1.807) is 0 Å². The van der Waals surface area contributed by atoms with Crippen molar-refractivity contribution in [2.45, 2.75) is 63.8 Å². The molecule has 130 valence electrons. The number of carboxylic acids is 1. The highest BCUT2D eigenvalue weighted by molar-refractivity contribution is 5.96. The molecule has 1 aromatic heterocycles. The number of carboxylic acid groups (broad SMARTS) is 1. The normalized spacial score (nSPS) is 21.8. The number of nitrogens with zero attached hydrogens (tertiary/aromatic N) is 2. The van der Waals surface area contributed by atoms with Gasteiger partial charge in [-0.1, -0.05) is 32.1 Å². The van der Waals surface area contributed by atoms with Gasteiger partial charge in [0.25, 0.3) is 5.91 Å². The highest BCUT2D eigenvalue weighted by Crippen LogP contribution is 2.31. The van der Waals surface area contributed by atoms with Crippen molar-refractivity contribution in [1.82, 2.24) is 9.88 Å². The lowest BCUT2D eigenvalue weighted by molar-refractivity contribution is 0.0696. The summed E-state index contributed by atoms with van der Waals surface area (Å²) >= 11 is 0. The number of carbonyl (C=O) groups is 2. The predicted molar refractivity (Wildman–Crippen MR) is 91.1 cm³/mol. The van der Waals surface area contributed by atoms with E-state index in [2.05, 4.69) is 4.98 Å². The van der Waals surface area contributed by atoms with Crippen LogP contribution in [0, 0.1) is 5.92 Å². The summed E-state index contributed by atoms with van der Waals surface area (Å²) in [5.74, 6) is -0.323. The molecule has 2 aliphatic rings. The third-order valence-corrected chi connectivity index (χ3v) is 5.50. The van der Waals surface area contributed by atoms with Crippen molar-refractivity contribution in [2.75, 3.05) is 6.54 Å². The van der Waals surface area contributed by atoms with Crippen molar-refractivity contribution >= 4 is 11.9 Å². The molecular formula is C19H26N2O3. The molecule has 1 aliphatic carbocycles. The fourth-order valence-electron chi connectivity index (χ4n) is 4.13. The minimum Gasteiger partial charge on any atom is -0.478 e. The second-order valence-corrected chi connectivity index (χ2v) is 7.11. The topological polar surface area (TPSA) is 70.5 Å². The smallest absolute Gasteiger partial charge is 0.335 e. The standard InChI is InChI=1S/C19H26N2O3/c22-18(17-13-15(19(23)24)10-11-20-17)21-12-4-7-16(21)9-8-14-5-2-1-3-6-14/h10-11,13-14,16H,1-9,12H2,(H,23,24). The molecule has 1 N–H and O–H groups in total. The van der Waals surface area contributed by atoms with Crippen LogP contribution in [-0.4, -0.2) is 39.5 Å². The highest BCUT2D eigenvalue weighted by Gasteiger charge is 2.30. The Hall–Kier alpha value is -1.91. The van der Waals surface area contributed by atoms with Crippen molar-refractivity contribution in [3.63, 3.8) is 0 Å². The van der Waals surface area contributed by atoms with E-state index in [9.17, 15) is 9.59 Å². The van der Waals surface area contributed by atoms with Gasteiger partial charge in [-0.05, 0) is 43.7 Å². The molecule has 1 atom stereocenters. The fraction of sp³-hybridized carbons (Fsp3) is 0.632. The summed E-state index contributed by atoms with van der Waals surface area (Å²) < 4.78 is 0. The first-order valence-electron chi connectivity index (χ1n) is 9.15. The van der Waals surface area contributed by atoms with Crippen molar-refractivity contribution in [3.8, 4) is 0 Å². The zero-order valence-corrected chi connectivity index (χ0v) is 14.1. The van der Waals surface area contributed by atoms with Crippen LogP contribution in [0.3, 0.4) is 0 Å². The van der Waals surface area contributed by atoms with Crippen LogP contribution in [0.5, 0.6) is 0 Å². The molecule has 1 saturated heterocycles. The van der Waals surface area contributed by atoms with Crippen molar-refractivity contribution in [2.24, 2.45) is 5.92 Å². The largest absolute Gasteiger partial charge is 0.478 e. The molecular weight excluding hydrogens is 304 g/mol. The van der Waals surface area contributed by atoms with Crippen LogP contribution in [0.25, 0.3) is 0 Å². The van der Waals surface area contributed by atoms with Gasteiger partial charge >= 0.3 is 5.97 Å². The van der Waals surface area contributed by atoms with Crippen molar-refractivity contribution in [1.29, 1.82) is 0 Å². The van der Waals surface area contributed by atoms with Crippen LogP contribution < -0.4 is 0 Å². The number of aromatic carboxylic acids is 1. The van der Waals surface area contributed by atoms with E-state index in [0.717, 1.165) is 31.7 Å². The van der Waals surface area contributed by atoms with Gasteiger partial charge in [0.2, 0.25) is 0 Å². The molecule has 24 heavy (non-hydrogen) atoms. The molecule has 1 aliphatic heterocycles. The van der Waals surface area contributed by atoms with Crippen LogP contribution in [0.2, 0.25) is 0 Å². The third-order valence-electron chi connectivity index (χ3n) is 5.50. The molecule has 1 saturated carbocycles. The van der Waals surface area contributed by atoms with Crippen molar-refractivity contribution in [3.05, 3.63) is 29.6 Å². The third kappa shape index (κ3) is 3.94. The quantitative estimate of drug-likeness (QED) is 0.892. The van der Waals surface area contributed by atoms with E-state index in [-0.39, 0.29) is 23.2 Å². The summed E-state index contributed by atoms with van der Waals surface area (Å²) in [5.41, 5.74) is 0.366. The van der Waals surface area contributed by atoms with Crippen molar-refractivity contribution < 1.29 is 14.7 Å². The van der Waals surface area contributed by atoms with Crippen LogP contribution in [-0.2, 0) is 0 Å². The maximum absolute atomic E-state index is 12.8. The van der Waals surface area contributed by atoms with Gasteiger partial charge in [0.05, 0.1) is 5.56 Å². The minimum absolute atomic E-state index is 0.117. The molecule has 3 rings (SSSR count). The minimum atomic E-state index is -1.03. The van der Waals surface area contributed by atoms with Gasteiger partial charge in [0, 0.05) is 18.8 Å². The number of hydrogen-bond donors (Lipinski definition) is 1. The number of amides is 1. The van der Waals surface area contributed by atoms with Gasteiger partial charge in [-0.15, -0.1) is 0 Å². The molecule has 1 amide bonds. The lowest BCUT2D eigenvalue weighted by Crippen LogP contribution is -2.36. The number of aromatic nitrogens is 1. The fourth-order valence-corrected chi connectivity index (χ4v) is 4.13. The van der Waals surface area contributed by atoms with Gasteiger partial charge in [-0.2, -0.15) is 0 Å². The van der Waals surface area contributed by atoms with Crippen LogP contribution in [0.1, 0.15) is 78.6 Å². The Morgan fingerprint density at radius 1 is 1.12 bits per heavy atom. The molecule has 1 aromatic rings. The number of carbonyl (C=O) groups excluding carboxylic acids is 1. The van der Waals surface area contributed by atoms with Crippen LogP contribution >= 0.6 is 0 Å². The Morgan fingerprint density at radius 2 is 1.92 bits per heavy atom. The molecule has 0 bridgehead atoms. The Kier molecular flexibility index (Phi) is 5.48. The average Bonchev–Trinajstić information content (AvgIpc) is 3.09. The molecule has 0 spiro atoms. The second kappa shape index (κ2) is 7.77. The Morgan fingerprint density at radius 3 is 2.67 bits per heavy atom. The molecule has 0 aromatic carbocycles. The monoisotopic (exact) mass is 330 g/mol. The first-order chi connectivity index (χ1) is 11.6. The summed E-state index contributed by atoms with van der Waals surface area (Å²) in [5, 5.41) is 9.08. The summed E-state index contributed by atoms with van der Waals surface area (Å²) in [4.78, 5) is 29.8. The number of rotatable bonds is 5. The first kappa shape index (κ1) is 16.9. The number of pyridine rings is 1. The SMILES string of the molecule is O=C(O)c1ccnc(C(=O)N2CCCC2CCC2CCCCC2)c1. The summed E-state index contributed by atoms with van der Waals surface area (Å²) in [7, 11) is 0. The predicted octanol–water partition coefficient (Wildman–Crippen LogP) is 3.74. The molecule has 2 heterocycles. The molecule has 1 unspecified atom stereocenters. The molecule has 5 nitrogen and oxygen atoms in total. The van der Waals surface area contributed by atoms with E-state index in [0.29, 0.717) is 0 Å². The van der Waals surface area contributed by atoms with Gasteiger partial charge in [0.15, 0.2) is 0 Å². The van der Waals surface area contributed by atoms with Gasteiger partial charge < -0.3 is 10.0 Å². The maximum atomic E-state index is 12.8.